The number of nitrogens with one attached hydrogen (secondary N) is 1. The zero-order chi connectivity index (χ0) is 13.1. The number of carboxylic acid groups (broad SMARTS) is 1. The number of aryl methyl sites for hydroxylation is 1. The Kier molecular flexibility index (Phi) is 3.81. The highest BCUT2D eigenvalue weighted by Crippen LogP contribution is 2.20. The number of halogens is 1. The summed E-state index contributed by atoms with van der Waals surface area (Å²) >= 11 is 0. The van der Waals surface area contributed by atoms with E-state index in [1.54, 1.807) is 13.0 Å². The van der Waals surface area contributed by atoms with Crippen LogP contribution in [-0.4, -0.2) is 29.8 Å². The lowest BCUT2D eigenvalue weighted by atomic mass is 10.2. The Morgan fingerprint density at radius 3 is 2.89 bits per heavy atom. The zero-order valence-electron chi connectivity index (χ0n) is 10.1. The van der Waals surface area contributed by atoms with Crippen LogP contribution >= 0.6 is 0 Å². The second-order valence-electron chi connectivity index (χ2n) is 4.55. The van der Waals surface area contributed by atoms with Crippen LogP contribution in [0, 0.1) is 12.7 Å². The molecular weight excluding hydrogens is 237 g/mol. The maximum atomic E-state index is 13.0. The van der Waals surface area contributed by atoms with E-state index in [-0.39, 0.29) is 12.4 Å². The van der Waals surface area contributed by atoms with E-state index in [1.807, 2.05) is 0 Å². The summed E-state index contributed by atoms with van der Waals surface area (Å²) in [6, 6.07) is 3.95. The van der Waals surface area contributed by atoms with E-state index < -0.39 is 12.0 Å². The van der Waals surface area contributed by atoms with Gasteiger partial charge in [0.2, 0.25) is 0 Å². The van der Waals surface area contributed by atoms with Gasteiger partial charge in [-0.3, -0.25) is 10.1 Å². The van der Waals surface area contributed by atoms with Gasteiger partial charge >= 0.3 is 5.97 Å². The van der Waals surface area contributed by atoms with Gasteiger partial charge in [0.25, 0.3) is 0 Å². The van der Waals surface area contributed by atoms with Gasteiger partial charge in [-0.1, -0.05) is 0 Å². The van der Waals surface area contributed by atoms with Gasteiger partial charge in [-0.2, -0.15) is 0 Å². The molecule has 1 aliphatic carbocycles. The van der Waals surface area contributed by atoms with E-state index in [9.17, 15) is 9.18 Å². The molecule has 1 unspecified atom stereocenters. The molecule has 4 nitrogen and oxygen atoms in total. The third kappa shape index (κ3) is 3.43. The van der Waals surface area contributed by atoms with Crippen LogP contribution in [0.4, 0.5) is 4.39 Å². The molecule has 0 saturated heterocycles. The van der Waals surface area contributed by atoms with Crippen molar-refractivity contribution in [3.63, 3.8) is 0 Å². The van der Waals surface area contributed by atoms with Gasteiger partial charge in [0.05, 0.1) is 0 Å². The quantitative estimate of drug-likeness (QED) is 0.810. The fourth-order valence-corrected chi connectivity index (χ4v) is 1.61. The van der Waals surface area contributed by atoms with Crippen molar-refractivity contribution in [2.45, 2.75) is 31.8 Å². The van der Waals surface area contributed by atoms with Crippen molar-refractivity contribution in [2.24, 2.45) is 0 Å². The lowest BCUT2D eigenvalue weighted by Gasteiger charge is -2.15. The van der Waals surface area contributed by atoms with E-state index in [0.717, 1.165) is 12.8 Å². The Morgan fingerprint density at radius 1 is 1.61 bits per heavy atom. The molecule has 1 aromatic carbocycles. The summed E-state index contributed by atoms with van der Waals surface area (Å²) in [6.07, 6.45) is 2.03. The molecule has 1 aromatic rings. The summed E-state index contributed by atoms with van der Waals surface area (Å²) in [5.41, 5.74) is 0.481. The minimum atomic E-state index is -0.930. The molecule has 0 amide bonds. The van der Waals surface area contributed by atoms with Crippen LogP contribution in [0.2, 0.25) is 0 Å². The first kappa shape index (κ1) is 12.8. The predicted octanol–water partition coefficient (Wildman–Crippen LogP) is 1.72. The average molecular weight is 253 g/mol. The van der Waals surface area contributed by atoms with Crippen LogP contribution in [-0.2, 0) is 4.79 Å². The molecule has 0 bridgehead atoms. The van der Waals surface area contributed by atoms with Crippen LogP contribution in [0.3, 0.4) is 0 Å². The standard InChI is InChI=1S/C13H16FNO3/c1-8-6-10(4-5-11(8)14)18-7-12(13(16)17)15-9-2-3-9/h4-6,9,12,15H,2-3,7H2,1H3,(H,16,17). The number of carboxylic acids is 1. The molecule has 5 heteroatoms. The highest BCUT2D eigenvalue weighted by atomic mass is 19.1. The fourth-order valence-electron chi connectivity index (χ4n) is 1.61. The third-order valence-corrected chi connectivity index (χ3v) is 2.86. The fraction of sp³-hybridized carbons (Fsp3) is 0.462. The Morgan fingerprint density at radius 2 is 2.33 bits per heavy atom. The molecule has 18 heavy (non-hydrogen) atoms. The molecule has 0 aromatic heterocycles. The number of rotatable bonds is 6. The first-order valence-corrected chi connectivity index (χ1v) is 5.94. The van der Waals surface area contributed by atoms with E-state index in [1.165, 1.54) is 12.1 Å². The number of ether oxygens (including phenoxy) is 1. The average Bonchev–Trinajstić information content (AvgIpc) is 3.12. The Labute approximate surface area is 105 Å². The summed E-state index contributed by atoms with van der Waals surface area (Å²) in [6.45, 7) is 1.68. The summed E-state index contributed by atoms with van der Waals surface area (Å²) in [7, 11) is 0. The van der Waals surface area contributed by atoms with Crippen molar-refractivity contribution in [3.05, 3.63) is 29.6 Å². The van der Waals surface area contributed by atoms with Crippen LogP contribution in [0.25, 0.3) is 0 Å². The first-order valence-electron chi connectivity index (χ1n) is 5.94. The van der Waals surface area contributed by atoms with E-state index in [0.29, 0.717) is 17.4 Å². The lowest BCUT2D eigenvalue weighted by Crippen LogP contribution is -2.42. The largest absolute Gasteiger partial charge is 0.491 e. The van der Waals surface area contributed by atoms with Crippen molar-refractivity contribution in [1.29, 1.82) is 0 Å². The molecule has 1 fully saturated rings. The van der Waals surface area contributed by atoms with Gasteiger partial charge in [0, 0.05) is 6.04 Å². The molecule has 2 rings (SSSR count). The molecule has 0 aliphatic heterocycles. The zero-order valence-corrected chi connectivity index (χ0v) is 10.1. The first-order chi connectivity index (χ1) is 8.56. The molecule has 1 aliphatic rings. The highest BCUT2D eigenvalue weighted by molar-refractivity contribution is 5.73. The SMILES string of the molecule is Cc1cc(OCC(NC2CC2)C(=O)O)ccc1F. The highest BCUT2D eigenvalue weighted by Gasteiger charge is 2.28. The molecular formula is C13H16FNO3. The third-order valence-electron chi connectivity index (χ3n) is 2.86. The minimum Gasteiger partial charge on any atom is -0.491 e. The van der Waals surface area contributed by atoms with Crippen LogP contribution in [0.15, 0.2) is 18.2 Å². The van der Waals surface area contributed by atoms with Gasteiger partial charge in [-0.25, -0.2) is 4.39 Å². The van der Waals surface area contributed by atoms with Crippen LogP contribution < -0.4 is 10.1 Å². The maximum Gasteiger partial charge on any atom is 0.324 e. The predicted molar refractivity (Wildman–Crippen MR) is 64.2 cm³/mol. The van der Waals surface area contributed by atoms with E-state index in [4.69, 9.17) is 9.84 Å². The molecule has 2 N–H and O–H groups in total. The number of benzene rings is 1. The number of carbonyl (C=O) groups is 1. The van der Waals surface area contributed by atoms with Gasteiger partial charge in [0.1, 0.15) is 24.2 Å². The van der Waals surface area contributed by atoms with Crippen molar-refractivity contribution in [1.82, 2.24) is 5.32 Å². The smallest absolute Gasteiger partial charge is 0.324 e. The van der Waals surface area contributed by atoms with Gasteiger partial charge in [0.15, 0.2) is 0 Å². The summed E-state index contributed by atoms with van der Waals surface area (Å²) < 4.78 is 18.4. The molecule has 0 radical (unpaired) electrons. The van der Waals surface area contributed by atoms with Gasteiger partial charge in [-0.15, -0.1) is 0 Å². The molecule has 1 saturated carbocycles. The summed E-state index contributed by atoms with van der Waals surface area (Å²) in [5.74, 6) is -0.744. The van der Waals surface area contributed by atoms with Crippen molar-refractivity contribution in [3.8, 4) is 5.75 Å². The second-order valence-corrected chi connectivity index (χ2v) is 4.55. The molecule has 98 valence electrons. The lowest BCUT2D eigenvalue weighted by molar-refractivity contribution is -0.140. The second kappa shape index (κ2) is 5.35. The Balaban J connectivity index is 1.91. The molecule has 0 spiro atoms. The van der Waals surface area contributed by atoms with Crippen molar-refractivity contribution in [2.75, 3.05) is 6.61 Å². The van der Waals surface area contributed by atoms with Crippen LogP contribution in [0.5, 0.6) is 5.75 Å². The Hall–Kier alpha value is -1.62. The van der Waals surface area contributed by atoms with Crippen LogP contribution in [0.1, 0.15) is 18.4 Å². The summed E-state index contributed by atoms with van der Waals surface area (Å²) in [4.78, 5) is 11.0. The molecule has 0 heterocycles. The van der Waals surface area contributed by atoms with Crippen molar-refractivity contribution < 1.29 is 19.0 Å². The van der Waals surface area contributed by atoms with E-state index >= 15 is 0 Å². The normalized spacial score (nSPS) is 16.3. The maximum absolute atomic E-state index is 13.0. The minimum absolute atomic E-state index is 0.0386. The van der Waals surface area contributed by atoms with Gasteiger partial charge in [-0.05, 0) is 43.5 Å². The summed E-state index contributed by atoms with van der Waals surface area (Å²) in [5, 5.41) is 12.0. The van der Waals surface area contributed by atoms with Gasteiger partial charge < -0.3 is 9.84 Å². The topological polar surface area (TPSA) is 58.6 Å². The number of hydrogen-bond acceptors (Lipinski definition) is 3. The van der Waals surface area contributed by atoms with Crippen molar-refractivity contribution >= 4 is 5.97 Å². The number of aliphatic carboxylic acids is 1. The van der Waals surface area contributed by atoms with E-state index in [2.05, 4.69) is 5.32 Å². The molecule has 1 atom stereocenters. The Bertz CT molecular complexity index is 446. The number of hydrogen-bond donors (Lipinski definition) is 2. The monoisotopic (exact) mass is 253 g/mol.